The van der Waals surface area contributed by atoms with E-state index < -0.39 is 11.8 Å². The van der Waals surface area contributed by atoms with E-state index in [4.69, 9.17) is 9.52 Å². The van der Waals surface area contributed by atoms with Gasteiger partial charge in [0, 0.05) is 18.7 Å². The Kier molecular flexibility index (Phi) is 3.97. The van der Waals surface area contributed by atoms with Gasteiger partial charge < -0.3 is 9.52 Å². The Morgan fingerprint density at radius 2 is 2.05 bits per heavy atom. The molecule has 0 atom stereocenters. The molecule has 0 aliphatic rings. The van der Waals surface area contributed by atoms with E-state index in [1.165, 1.54) is 12.1 Å². The number of halogens is 1. The summed E-state index contributed by atoms with van der Waals surface area (Å²) in [5.74, 6) is -1.66. The molecule has 100 valence electrons. The topological polar surface area (TPSA) is 53.7 Å². The largest absolute Gasteiger partial charge is 0.478 e. The SMILES string of the molecule is CN(Cc1ccoc1)Cc1cc(F)cc(C(=O)O)c1. The molecule has 0 radical (unpaired) electrons. The Labute approximate surface area is 110 Å². The highest BCUT2D eigenvalue weighted by Crippen LogP contribution is 2.13. The Morgan fingerprint density at radius 1 is 1.32 bits per heavy atom. The number of benzene rings is 1. The fourth-order valence-electron chi connectivity index (χ4n) is 1.93. The number of nitrogens with zero attached hydrogens (tertiary/aromatic N) is 1. The van der Waals surface area contributed by atoms with Crippen molar-refractivity contribution in [3.05, 3.63) is 59.3 Å². The van der Waals surface area contributed by atoms with E-state index in [0.717, 1.165) is 11.6 Å². The Balaban J connectivity index is 2.08. The van der Waals surface area contributed by atoms with Gasteiger partial charge in [-0.15, -0.1) is 0 Å². The highest BCUT2D eigenvalue weighted by Gasteiger charge is 2.09. The van der Waals surface area contributed by atoms with Gasteiger partial charge >= 0.3 is 5.97 Å². The Hall–Kier alpha value is -2.14. The molecular weight excluding hydrogens is 249 g/mol. The molecule has 1 N–H and O–H groups in total. The number of hydrogen-bond acceptors (Lipinski definition) is 3. The van der Waals surface area contributed by atoms with Crippen LogP contribution >= 0.6 is 0 Å². The van der Waals surface area contributed by atoms with Crippen molar-refractivity contribution in [3.63, 3.8) is 0 Å². The van der Waals surface area contributed by atoms with Crippen molar-refractivity contribution in [3.8, 4) is 0 Å². The van der Waals surface area contributed by atoms with Crippen molar-refractivity contribution in [2.75, 3.05) is 7.05 Å². The Morgan fingerprint density at radius 3 is 2.68 bits per heavy atom. The van der Waals surface area contributed by atoms with Crippen LogP contribution in [0.2, 0.25) is 0 Å². The molecule has 0 fully saturated rings. The molecule has 5 heteroatoms. The smallest absolute Gasteiger partial charge is 0.335 e. The molecule has 0 amide bonds. The molecule has 2 aromatic rings. The molecule has 0 aliphatic carbocycles. The number of carboxylic acid groups (broad SMARTS) is 1. The standard InChI is InChI=1S/C14H14FNO3/c1-16(7-10-2-3-19-9-10)8-11-4-12(14(17)18)6-13(15)5-11/h2-6,9H,7-8H2,1H3,(H,17,18). The van der Waals surface area contributed by atoms with Crippen LogP contribution in [0.4, 0.5) is 4.39 Å². The lowest BCUT2D eigenvalue weighted by atomic mass is 10.1. The Bertz CT molecular complexity index is 566. The van der Waals surface area contributed by atoms with Gasteiger partial charge in [0.2, 0.25) is 0 Å². The van der Waals surface area contributed by atoms with Gasteiger partial charge in [-0.1, -0.05) is 0 Å². The van der Waals surface area contributed by atoms with Crippen LogP contribution in [0.5, 0.6) is 0 Å². The van der Waals surface area contributed by atoms with Crippen LogP contribution in [-0.2, 0) is 13.1 Å². The van der Waals surface area contributed by atoms with Crippen molar-refractivity contribution in [2.24, 2.45) is 0 Å². The third-order valence-corrected chi connectivity index (χ3v) is 2.69. The zero-order valence-corrected chi connectivity index (χ0v) is 10.5. The fraction of sp³-hybridized carbons (Fsp3) is 0.214. The molecule has 0 saturated carbocycles. The van der Waals surface area contributed by atoms with E-state index in [1.54, 1.807) is 12.5 Å². The first-order valence-corrected chi connectivity index (χ1v) is 5.77. The number of carbonyl (C=O) groups is 1. The van der Waals surface area contributed by atoms with Gasteiger partial charge in [-0.25, -0.2) is 9.18 Å². The van der Waals surface area contributed by atoms with E-state index in [1.807, 2.05) is 18.0 Å². The van der Waals surface area contributed by atoms with Gasteiger partial charge in [-0.2, -0.15) is 0 Å². The van der Waals surface area contributed by atoms with Crippen molar-refractivity contribution in [1.29, 1.82) is 0 Å². The lowest BCUT2D eigenvalue weighted by molar-refractivity contribution is 0.0696. The summed E-state index contributed by atoms with van der Waals surface area (Å²) >= 11 is 0. The van der Waals surface area contributed by atoms with E-state index in [9.17, 15) is 9.18 Å². The average Bonchev–Trinajstić information content (AvgIpc) is 2.80. The second-order valence-corrected chi connectivity index (χ2v) is 4.46. The zero-order valence-electron chi connectivity index (χ0n) is 10.5. The van der Waals surface area contributed by atoms with Crippen molar-refractivity contribution < 1.29 is 18.7 Å². The first kappa shape index (κ1) is 13.3. The monoisotopic (exact) mass is 263 g/mol. The fourth-order valence-corrected chi connectivity index (χ4v) is 1.93. The van der Waals surface area contributed by atoms with E-state index in [0.29, 0.717) is 18.7 Å². The molecule has 0 saturated heterocycles. The minimum atomic E-state index is -1.13. The van der Waals surface area contributed by atoms with Gasteiger partial charge in [0.15, 0.2) is 0 Å². The van der Waals surface area contributed by atoms with Crippen LogP contribution in [0.3, 0.4) is 0 Å². The second kappa shape index (κ2) is 5.67. The maximum Gasteiger partial charge on any atom is 0.335 e. The van der Waals surface area contributed by atoms with Crippen molar-refractivity contribution in [2.45, 2.75) is 13.1 Å². The molecule has 19 heavy (non-hydrogen) atoms. The maximum absolute atomic E-state index is 13.3. The van der Waals surface area contributed by atoms with Gasteiger partial charge in [-0.05, 0) is 36.9 Å². The lowest BCUT2D eigenvalue weighted by Gasteiger charge is -2.16. The predicted molar refractivity (Wildman–Crippen MR) is 67.2 cm³/mol. The number of aromatic carboxylic acids is 1. The lowest BCUT2D eigenvalue weighted by Crippen LogP contribution is -2.17. The predicted octanol–water partition coefficient (Wildman–Crippen LogP) is 2.75. The molecule has 1 heterocycles. The third-order valence-electron chi connectivity index (χ3n) is 2.69. The molecule has 0 spiro atoms. The molecule has 0 bridgehead atoms. The van der Waals surface area contributed by atoms with E-state index in [-0.39, 0.29) is 5.56 Å². The van der Waals surface area contributed by atoms with Gasteiger partial charge in [-0.3, -0.25) is 4.90 Å². The highest BCUT2D eigenvalue weighted by molar-refractivity contribution is 5.87. The molecular formula is C14H14FNO3. The maximum atomic E-state index is 13.3. The summed E-state index contributed by atoms with van der Waals surface area (Å²) in [5, 5.41) is 8.88. The summed E-state index contributed by atoms with van der Waals surface area (Å²) in [6, 6.07) is 5.70. The molecule has 1 aromatic carbocycles. The number of furan rings is 1. The number of carboxylic acids is 1. The zero-order chi connectivity index (χ0) is 13.8. The van der Waals surface area contributed by atoms with Crippen LogP contribution in [0, 0.1) is 5.82 Å². The molecule has 1 aromatic heterocycles. The first-order valence-electron chi connectivity index (χ1n) is 5.77. The van der Waals surface area contributed by atoms with Gasteiger partial charge in [0.25, 0.3) is 0 Å². The molecule has 2 rings (SSSR count). The van der Waals surface area contributed by atoms with Gasteiger partial charge in [0.1, 0.15) is 5.82 Å². The normalized spacial score (nSPS) is 10.9. The van der Waals surface area contributed by atoms with Crippen LogP contribution in [0.15, 0.2) is 41.2 Å². The minimum Gasteiger partial charge on any atom is -0.478 e. The summed E-state index contributed by atoms with van der Waals surface area (Å²) in [7, 11) is 1.87. The van der Waals surface area contributed by atoms with E-state index >= 15 is 0 Å². The second-order valence-electron chi connectivity index (χ2n) is 4.46. The van der Waals surface area contributed by atoms with Gasteiger partial charge in [0.05, 0.1) is 18.1 Å². The molecule has 4 nitrogen and oxygen atoms in total. The van der Waals surface area contributed by atoms with E-state index in [2.05, 4.69) is 0 Å². The minimum absolute atomic E-state index is 0.0355. The van der Waals surface area contributed by atoms with Crippen LogP contribution in [0.25, 0.3) is 0 Å². The van der Waals surface area contributed by atoms with Crippen molar-refractivity contribution >= 4 is 5.97 Å². The third kappa shape index (κ3) is 3.66. The number of rotatable bonds is 5. The average molecular weight is 263 g/mol. The first-order chi connectivity index (χ1) is 9.04. The van der Waals surface area contributed by atoms with Crippen molar-refractivity contribution in [1.82, 2.24) is 4.90 Å². The number of hydrogen-bond donors (Lipinski definition) is 1. The van der Waals surface area contributed by atoms with Crippen LogP contribution in [-0.4, -0.2) is 23.0 Å². The molecule has 0 unspecified atom stereocenters. The highest BCUT2D eigenvalue weighted by atomic mass is 19.1. The summed E-state index contributed by atoms with van der Waals surface area (Å²) in [6.45, 7) is 1.11. The van der Waals surface area contributed by atoms with Crippen LogP contribution < -0.4 is 0 Å². The quantitative estimate of drug-likeness (QED) is 0.901. The summed E-state index contributed by atoms with van der Waals surface area (Å²) in [5.41, 5.74) is 1.60. The molecule has 0 aliphatic heterocycles. The summed E-state index contributed by atoms with van der Waals surface area (Å²) < 4.78 is 18.3. The summed E-state index contributed by atoms with van der Waals surface area (Å²) in [6.07, 6.45) is 3.23. The van der Waals surface area contributed by atoms with Crippen LogP contribution in [0.1, 0.15) is 21.5 Å². The summed E-state index contributed by atoms with van der Waals surface area (Å²) in [4.78, 5) is 12.8.